The highest BCUT2D eigenvalue weighted by atomic mass is 16.5. The van der Waals surface area contributed by atoms with E-state index in [0.717, 1.165) is 30.6 Å². The van der Waals surface area contributed by atoms with Gasteiger partial charge in [-0.1, -0.05) is 45.0 Å². The summed E-state index contributed by atoms with van der Waals surface area (Å²) in [5.74, 6) is -0.347. The van der Waals surface area contributed by atoms with E-state index in [9.17, 15) is 4.79 Å². The molecule has 0 saturated heterocycles. The van der Waals surface area contributed by atoms with Gasteiger partial charge < -0.3 is 9.30 Å². The van der Waals surface area contributed by atoms with Crippen LogP contribution in [0.1, 0.15) is 44.0 Å². The molecule has 0 aliphatic rings. The van der Waals surface area contributed by atoms with Gasteiger partial charge in [0.25, 0.3) is 0 Å². The summed E-state index contributed by atoms with van der Waals surface area (Å²) >= 11 is 0. The van der Waals surface area contributed by atoms with Crippen molar-refractivity contribution in [3.8, 4) is 0 Å². The molecular weight excluding hydrogens is 288 g/mol. The predicted octanol–water partition coefficient (Wildman–Crippen LogP) is 4.10. The smallest absolute Gasteiger partial charge is 0.330 e. The molecule has 1 heterocycles. The van der Waals surface area contributed by atoms with E-state index in [1.54, 1.807) is 6.08 Å². The third kappa shape index (κ3) is 6.51. The van der Waals surface area contributed by atoms with Crippen molar-refractivity contribution in [1.29, 1.82) is 0 Å². The van der Waals surface area contributed by atoms with Gasteiger partial charge in [0.2, 0.25) is 0 Å². The van der Waals surface area contributed by atoms with Gasteiger partial charge in [-0.3, -0.25) is 0 Å². The number of carbonyl (C=O) groups excluding carboxylic acids is 1. The Labute approximate surface area is 138 Å². The van der Waals surface area contributed by atoms with Gasteiger partial charge in [0.15, 0.2) is 0 Å². The van der Waals surface area contributed by atoms with Crippen molar-refractivity contribution in [1.82, 2.24) is 9.55 Å². The monoisotopic (exact) mass is 314 g/mol. The molecule has 2 aromatic rings. The van der Waals surface area contributed by atoms with Crippen molar-refractivity contribution in [3.63, 3.8) is 0 Å². The minimum absolute atomic E-state index is 0.347. The molecule has 0 aliphatic heterocycles. The molecule has 0 aliphatic carbocycles. The van der Waals surface area contributed by atoms with E-state index in [2.05, 4.69) is 39.5 Å². The van der Waals surface area contributed by atoms with Gasteiger partial charge in [-0.05, 0) is 23.6 Å². The number of hydrogen-bond donors (Lipinski definition) is 0. The Morgan fingerprint density at radius 3 is 2.57 bits per heavy atom. The molecule has 0 unspecified atom stereocenters. The maximum Gasteiger partial charge on any atom is 0.330 e. The molecule has 4 heteroatoms. The first-order valence-corrected chi connectivity index (χ1v) is 8.07. The van der Waals surface area contributed by atoms with Gasteiger partial charge in [-0.2, -0.15) is 0 Å². The molecule has 2 rings (SSSR count). The maximum absolute atomic E-state index is 11.0. The van der Waals surface area contributed by atoms with Gasteiger partial charge in [0.05, 0.1) is 19.1 Å². The molecule has 0 bridgehead atoms. The molecule has 0 amide bonds. The highest BCUT2D eigenvalue weighted by Crippen LogP contribution is 2.11. The molecular formula is C19H26N2O2. The summed E-state index contributed by atoms with van der Waals surface area (Å²) in [6, 6.07) is 8.07. The number of aryl methyl sites for hydroxylation is 1. The van der Waals surface area contributed by atoms with Crippen LogP contribution in [0.5, 0.6) is 0 Å². The quantitative estimate of drug-likeness (QED) is 0.595. The van der Waals surface area contributed by atoms with Crippen molar-refractivity contribution in [2.45, 2.75) is 40.2 Å². The van der Waals surface area contributed by atoms with Gasteiger partial charge in [-0.25, -0.2) is 9.78 Å². The summed E-state index contributed by atoms with van der Waals surface area (Å²) in [5, 5.41) is 0. The van der Waals surface area contributed by atoms with Crippen LogP contribution in [0, 0.1) is 0 Å². The van der Waals surface area contributed by atoms with Crippen LogP contribution in [0.3, 0.4) is 0 Å². The molecule has 0 saturated carbocycles. The van der Waals surface area contributed by atoms with Crippen molar-refractivity contribution in [2.24, 2.45) is 0 Å². The molecule has 0 spiro atoms. The van der Waals surface area contributed by atoms with Gasteiger partial charge in [0.1, 0.15) is 0 Å². The second-order valence-electron chi connectivity index (χ2n) is 4.88. The zero-order valence-electron chi connectivity index (χ0n) is 14.5. The Kier molecular flexibility index (Phi) is 8.43. The lowest BCUT2D eigenvalue weighted by Crippen LogP contribution is -1.93. The fourth-order valence-electron chi connectivity index (χ4n) is 2.07. The number of rotatable bonds is 6. The SMILES string of the molecule is CC.CCCn1cnc(Cc2ccc(/C=C\C(=O)OC)cc2)c1. The number of hydrogen-bond acceptors (Lipinski definition) is 3. The lowest BCUT2D eigenvalue weighted by atomic mass is 10.1. The first kappa shape index (κ1) is 18.7. The number of ether oxygens (including phenoxy) is 1. The van der Waals surface area contributed by atoms with E-state index in [4.69, 9.17) is 0 Å². The Hall–Kier alpha value is -2.36. The van der Waals surface area contributed by atoms with Crippen LogP contribution in [-0.4, -0.2) is 22.6 Å². The third-order valence-corrected chi connectivity index (χ3v) is 3.15. The molecule has 23 heavy (non-hydrogen) atoms. The summed E-state index contributed by atoms with van der Waals surface area (Å²) in [6.07, 6.45) is 9.06. The topological polar surface area (TPSA) is 44.1 Å². The summed E-state index contributed by atoms with van der Waals surface area (Å²) < 4.78 is 6.67. The second kappa shape index (κ2) is 10.4. The summed E-state index contributed by atoms with van der Waals surface area (Å²) in [6.45, 7) is 7.16. The number of benzene rings is 1. The van der Waals surface area contributed by atoms with Crippen LogP contribution in [0.4, 0.5) is 0 Å². The van der Waals surface area contributed by atoms with Crippen molar-refractivity contribution >= 4 is 12.0 Å². The van der Waals surface area contributed by atoms with E-state index >= 15 is 0 Å². The normalized spacial score (nSPS) is 10.3. The van der Waals surface area contributed by atoms with E-state index in [1.165, 1.54) is 18.7 Å². The lowest BCUT2D eigenvalue weighted by molar-refractivity contribution is -0.134. The number of nitrogens with zero attached hydrogens (tertiary/aromatic N) is 2. The van der Waals surface area contributed by atoms with Crippen molar-refractivity contribution in [2.75, 3.05) is 7.11 Å². The Morgan fingerprint density at radius 1 is 1.26 bits per heavy atom. The maximum atomic E-state index is 11.0. The van der Waals surface area contributed by atoms with Crippen LogP contribution in [0.2, 0.25) is 0 Å². The van der Waals surface area contributed by atoms with Crippen LogP contribution in [-0.2, 0) is 22.5 Å². The fourth-order valence-corrected chi connectivity index (χ4v) is 2.07. The molecule has 4 nitrogen and oxygen atoms in total. The zero-order valence-corrected chi connectivity index (χ0v) is 14.5. The average molecular weight is 314 g/mol. The van der Waals surface area contributed by atoms with Crippen LogP contribution < -0.4 is 0 Å². The van der Waals surface area contributed by atoms with Gasteiger partial charge in [-0.15, -0.1) is 0 Å². The molecule has 1 aromatic carbocycles. The minimum atomic E-state index is -0.347. The summed E-state index contributed by atoms with van der Waals surface area (Å²) in [4.78, 5) is 15.4. The van der Waals surface area contributed by atoms with Crippen molar-refractivity contribution in [3.05, 3.63) is 59.7 Å². The molecule has 0 radical (unpaired) electrons. The minimum Gasteiger partial charge on any atom is -0.466 e. The molecule has 124 valence electrons. The Morgan fingerprint density at radius 2 is 1.96 bits per heavy atom. The Bertz CT molecular complexity index is 613. The summed E-state index contributed by atoms with van der Waals surface area (Å²) in [5.41, 5.74) is 3.24. The highest BCUT2D eigenvalue weighted by Gasteiger charge is 2.01. The first-order valence-electron chi connectivity index (χ1n) is 8.07. The van der Waals surface area contributed by atoms with Crippen LogP contribution in [0.25, 0.3) is 6.08 Å². The second-order valence-corrected chi connectivity index (χ2v) is 4.88. The van der Waals surface area contributed by atoms with Crippen molar-refractivity contribution < 1.29 is 9.53 Å². The molecule has 0 fully saturated rings. The lowest BCUT2D eigenvalue weighted by Gasteiger charge is -2.00. The van der Waals surface area contributed by atoms with E-state index in [-0.39, 0.29) is 5.97 Å². The predicted molar refractivity (Wildman–Crippen MR) is 94.2 cm³/mol. The number of aromatic nitrogens is 2. The largest absolute Gasteiger partial charge is 0.466 e. The fraction of sp³-hybridized carbons (Fsp3) is 0.368. The van der Waals surface area contributed by atoms with Crippen LogP contribution >= 0.6 is 0 Å². The average Bonchev–Trinajstić information content (AvgIpc) is 3.03. The molecule has 1 aromatic heterocycles. The zero-order chi connectivity index (χ0) is 17.1. The van der Waals surface area contributed by atoms with E-state index in [0.29, 0.717) is 0 Å². The van der Waals surface area contributed by atoms with Gasteiger partial charge >= 0.3 is 5.97 Å². The molecule has 0 atom stereocenters. The molecule has 0 N–H and O–H groups in total. The number of esters is 1. The highest BCUT2D eigenvalue weighted by molar-refractivity contribution is 5.86. The van der Waals surface area contributed by atoms with Gasteiger partial charge in [0, 0.05) is 25.2 Å². The Balaban J connectivity index is 0.00000127. The first-order chi connectivity index (χ1) is 11.2. The number of carbonyl (C=O) groups is 1. The third-order valence-electron chi connectivity index (χ3n) is 3.15. The summed E-state index contributed by atoms with van der Waals surface area (Å²) in [7, 11) is 1.37. The standard InChI is InChI=1S/C17H20N2O2.C2H6/c1-3-10-19-12-16(18-13-19)11-15-6-4-14(5-7-15)8-9-17(20)21-2;1-2/h4-9,12-13H,3,10-11H2,1-2H3;1-2H3/b9-8-;. The van der Waals surface area contributed by atoms with E-state index in [1.807, 2.05) is 32.3 Å². The van der Waals surface area contributed by atoms with Crippen LogP contribution in [0.15, 0.2) is 42.9 Å². The van der Waals surface area contributed by atoms with E-state index < -0.39 is 0 Å². The number of imidazole rings is 1. The number of methoxy groups -OCH3 is 1.